The van der Waals surface area contributed by atoms with Crippen LogP contribution in [0.3, 0.4) is 0 Å². The Morgan fingerprint density at radius 3 is 2.19 bits per heavy atom. The molecule has 1 aromatic heterocycles. The molecule has 27 heavy (non-hydrogen) atoms. The van der Waals surface area contributed by atoms with E-state index in [4.69, 9.17) is 4.42 Å². The summed E-state index contributed by atoms with van der Waals surface area (Å²) in [5, 5.41) is 5.48. The smallest absolute Gasteiger partial charge is 0.255 e. The zero-order valence-electron chi connectivity index (χ0n) is 14.7. The minimum atomic E-state index is -0.321. The zero-order chi connectivity index (χ0) is 19.2. The van der Waals surface area contributed by atoms with E-state index >= 15 is 0 Å². The molecule has 2 amide bonds. The predicted molar refractivity (Wildman–Crippen MR) is 101 cm³/mol. The molecular formula is C21H18N2O4. The third-order valence-corrected chi connectivity index (χ3v) is 3.94. The molecule has 0 bridgehead atoms. The lowest BCUT2D eigenvalue weighted by atomic mass is 10.1. The molecule has 0 saturated carbocycles. The molecular weight excluding hydrogens is 344 g/mol. The molecule has 0 aliphatic carbocycles. The van der Waals surface area contributed by atoms with Crippen molar-refractivity contribution < 1.29 is 18.8 Å². The third-order valence-electron chi connectivity index (χ3n) is 3.94. The molecule has 0 spiro atoms. The van der Waals surface area contributed by atoms with Crippen LogP contribution in [-0.4, -0.2) is 17.6 Å². The molecule has 0 aliphatic rings. The van der Waals surface area contributed by atoms with E-state index in [9.17, 15) is 14.4 Å². The van der Waals surface area contributed by atoms with E-state index in [2.05, 4.69) is 10.6 Å². The van der Waals surface area contributed by atoms with Crippen LogP contribution < -0.4 is 10.6 Å². The average Bonchev–Trinajstić information content (AvgIpc) is 3.20. The van der Waals surface area contributed by atoms with E-state index in [1.54, 1.807) is 66.9 Å². The number of Topliss-reactive ketones (excluding diaryl/α,β-unsaturated/α-hetero) is 1. The summed E-state index contributed by atoms with van der Waals surface area (Å²) >= 11 is 0. The van der Waals surface area contributed by atoms with E-state index in [0.717, 1.165) is 0 Å². The molecule has 3 aromatic rings. The number of furan rings is 1. The Labute approximate surface area is 156 Å². The molecule has 0 fully saturated rings. The van der Waals surface area contributed by atoms with Gasteiger partial charge in [0.2, 0.25) is 0 Å². The Balaban J connectivity index is 1.62. The van der Waals surface area contributed by atoms with E-state index in [0.29, 0.717) is 34.7 Å². The molecule has 1 heterocycles. The van der Waals surface area contributed by atoms with Gasteiger partial charge in [-0.3, -0.25) is 14.4 Å². The number of hydrogen-bond donors (Lipinski definition) is 2. The van der Waals surface area contributed by atoms with Gasteiger partial charge in [-0.2, -0.15) is 0 Å². The van der Waals surface area contributed by atoms with Gasteiger partial charge in [0.1, 0.15) is 5.76 Å². The Kier molecular flexibility index (Phi) is 5.47. The standard InChI is InChI=1S/C21H18N2O4/c1-14(24)17-4-2-5-18(12-17)23-21(26)16-9-7-15(8-10-16)20(25)22-13-19-6-3-11-27-19/h2-12H,13H2,1H3,(H,22,25)(H,23,26). The molecule has 0 saturated heterocycles. The summed E-state index contributed by atoms with van der Waals surface area (Å²) in [5.41, 5.74) is 1.91. The summed E-state index contributed by atoms with van der Waals surface area (Å²) in [5.74, 6) is 0.00825. The molecule has 6 nitrogen and oxygen atoms in total. The SMILES string of the molecule is CC(=O)c1cccc(NC(=O)c2ccc(C(=O)NCc3ccco3)cc2)c1. The normalized spacial score (nSPS) is 10.3. The minimum absolute atomic E-state index is 0.0731. The molecule has 2 aromatic carbocycles. The van der Waals surface area contributed by atoms with E-state index in [1.807, 2.05) is 0 Å². The van der Waals surface area contributed by atoms with Gasteiger partial charge >= 0.3 is 0 Å². The molecule has 0 unspecified atom stereocenters. The molecule has 136 valence electrons. The van der Waals surface area contributed by atoms with Gasteiger partial charge in [0.15, 0.2) is 5.78 Å². The maximum Gasteiger partial charge on any atom is 0.255 e. The van der Waals surface area contributed by atoms with Gasteiger partial charge in [0.05, 0.1) is 12.8 Å². The van der Waals surface area contributed by atoms with Gasteiger partial charge in [-0.15, -0.1) is 0 Å². The number of hydrogen-bond acceptors (Lipinski definition) is 4. The molecule has 0 aliphatic heterocycles. The lowest BCUT2D eigenvalue weighted by Gasteiger charge is -2.08. The summed E-state index contributed by atoms with van der Waals surface area (Å²) in [6, 6.07) is 16.6. The number of nitrogens with one attached hydrogen (secondary N) is 2. The minimum Gasteiger partial charge on any atom is -0.467 e. The van der Waals surface area contributed by atoms with Crippen molar-refractivity contribution in [2.75, 3.05) is 5.32 Å². The first-order valence-electron chi connectivity index (χ1n) is 8.36. The fourth-order valence-corrected chi connectivity index (χ4v) is 2.47. The summed E-state index contributed by atoms with van der Waals surface area (Å²) < 4.78 is 5.16. The summed E-state index contributed by atoms with van der Waals surface area (Å²) in [6.07, 6.45) is 1.54. The number of rotatable bonds is 6. The van der Waals surface area contributed by atoms with Crippen LogP contribution in [0.4, 0.5) is 5.69 Å². The molecule has 2 N–H and O–H groups in total. The highest BCUT2D eigenvalue weighted by Crippen LogP contribution is 2.13. The van der Waals surface area contributed by atoms with Gasteiger partial charge in [0, 0.05) is 22.4 Å². The summed E-state index contributed by atoms with van der Waals surface area (Å²) in [7, 11) is 0. The van der Waals surface area contributed by atoms with Crippen molar-refractivity contribution in [2.24, 2.45) is 0 Å². The maximum absolute atomic E-state index is 12.3. The lowest BCUT2D eigenvalue weighted by molar-refractivity contribution is 0.0945. The zero-order valence-corrected chi connectivity index (χ0v) is 14.7. The first-order valence-corrected chi connectivity index (χ1v) is 8.36. The number of carbonyl (C=O) groups excluding carboxylic acids is 3. The van der Waals surface area contributed by atoms with Crippen molar-refractivity contribution in [3.05, 3.63) is 89.4 Å². The Morgan fingerprint density at radius 2 is 1.56 bits per heavy atom. The van der Waals surface area contributed by atoms with Crippen LogP contribution in [0, 0.1) is 0 Å². The largest absolute Gasteiger partial charge is 0.467 e. The molecule has 0 atom stereocenters. The van der Waals surface area contributed by atoms with Gasteiger partial charge in [-0.1, -0.05) is 12.1 Å². The van der Waals surface area contributed by atoms with Crippen LogP contribution in [0.25, 0.3) is 0 Å². The number of anilines is 1. The van der Waals surface area contributed by atoms with Crippen LogP contribution in [-0.2, 0) is 6.54 Å². The molecule has 0 radical (unpaired) electrons. The van der Waals surface area contributed by atoms with Gasteiger partial charge in [0.25, 0.3) is 11.8 Å². The second kappa shape index (κ2) is 8.14. The van der Waals surface area contributed by atoms with Crippen molar-refractivity contribution in [3.8, 4) is 0 Å². The number of ketones is 1. The fraction of sp³-hybridized carbons (Fsp3) is 0.0952. The first kappa shape index (κ1) is 18.1. The predicted octanol–water partition coefficient (Wildman–Crippen LogP) is 3.66. The summed E-state index contributed by atoms with van der Waals surface area (Å²) in [4.78, 5) is 35.9. The van der Waals surface area contributed by atoms with Crippen LogP contribution in [0.15, 0.2) is 71.3 Å². The highest BCUT2D eigenvalue weighted by atomic mass is 16.3. The Morgan fingerprint density at radius 1 is 0.852 bits per heavy atom. The van der Waals surface area contributed by atoms with Crippen LogP contribution in [0.5, 0.6) is 0 Å². The average molecular weight is 362 g/mol. The van der Waals surface area contributed by atoms with E-state index in [1.165, 1.54) is 6.92 Å². The molecule has 6 heteroatoms. The van der Waals surface area contributed by atoms with Crippen molar-refractivity contribution in [2.45, 2.75) is 13.5 Å². The van der Waals surface area contributed by atoms with Crippen molar-refractivity contribution in [1.29, 1.82) is 0 Å². The van der Waals surface area contributed by atoms with E-state index in [-0.39, 0.29) is 17.6 Å². The van der Waals surface area contributed by atoms with Gasteiger partial charge in [-0.25, -0.2) is 0 Å². The monoisotopic (exact) mass is 362 g/mol. The fourth-order valence-electron chi connectivity index (χ4n) is 2.47. The number of carbonyl (C=O) groups is 3. The van der Waals surface area contributed by atoms with Crippen LogP contribution in [0.1, 0.15) is 43.8 Å². The van der Waals surface area contributed by atoms with Crippen molar-refractivity contribution >= 4 is 23.3 Å². The Hall–Kier alpha value is -3.67. The van der Waals surface area contributed by atoms with Crippen molar-refractivity contribution in [1.82, 2.24) is 5.32 Å². The topological polar surface area (TPSA) is 88.4 Å². The van der Waals surface area contributed by atoms with Crippen LogP contribution in [0.2, 0.25) is 0 Å². The molecule has 3 rings (SSSR count). The lowest BCUT2D eigenvalue weighted by Crippen LogP contribution is -2.22. The summed E-state index contributed by atoms with van der Waals surface area (Å²) in [6.45, 7) is 1.76. The van der Waals surface area contributed by atoms with Crippen LogP contribution >= 0.6 is 0 Å². The number of amides is 2. The second-order valence-corrected chi connectivity index (χ2v) is 5.93. The quantitative estimate of drug-likeness (QED) is 0.655. The van der Waals surface area contributed by atoms with Crippen molar-refractivity contribution in [3.63, 3.8) is 0 Å². The first-order chi connectivity index (χ1) is 13.0. The number of benzene rings is 2. The highest BCUT2D eigenvalue weighted by Gasteiger charge is 2.10. The third kappa shape index (κ3) is 4.70. The second-order valence-electron chi connectivity index (χ2n) is 5.93. The Bertz CT molecular complexity index is 960. The highest BCUT2D eigenvalue weighted by molar-refractivity contribution is 6.05. The van der Waals surface area contributed by atoms with Gasteiger partial charge in [-0.05, 0) is 55.5 Å². The van der Waals surface area contributed by atoms with E-state index < -0.39 is 0 Å². The van der Waals surface area contributed by atoms with Gasteiger partial charge < -0.3 is 15.1 Å². The maximum atomic E-state index is 12.3.